The Hall–Kier alpha value is 0.580. The molecule has 2 aromatic rings. The smallest absolute Gasteiger partial charge is 0.129 e. The van der Waals surface area contributed by atoms with E-state index in [0.29, 0.717) is 15.1 Å². The summed E-state index contributed by atoms with van der Waals surface area (Å²) in [7, 11) is 0. The molecule has 0 aliphatic rings. The van der Waals surface area contributed by atoms with Crippen molar-refractivity contribution < 1.29 is 4.39 Å². The number of aryl methyl sites for hydroxylation is 1. The van der Waals surface area contributed by atoms with Crippen molar-refractivity contribution in [3.63, 3.8) is 0 Å². The van der Waals surface area contributed by atoms with Crippen LogP contribution >= 0.6 is 70.7 Å². The maximum Gasteiger partial charge on any atom is 0.129 e. The van der Waals surface area contributed by atoms with Crippen LogP contribution in [-0.4, -0.2) is 0 Å². The lowest BCUT2D eigenvalue weighted by Gasteiger charge is -2.10. The van der Waals surface area contributed by atoms with Gasteiger partial charge < -0.3 is 0 Å². The van der Waals surface area contributed by atoms with Gasteiger partial charge in [0.05, 0.1) is 13.6 Å². The van der Waals surface area contributed by atoms with Crippen molar-refractivity contribution in [2.75, 3.05) is 0 Å². The lowest BCUT2D eigenvalue weighted by atomic mass is 10.1. The highest BCUT2D eigenvalue weighted by atomic mass is 79.9. The molecular formula is C12H7Br3ClFS. The molecule has 0 amide bonds. The molecule has 0 saturated carbocycles. The van der Waals surface area contributed by atoms with Crippen molar-refractivity contribution in [2.45, 2.75) is 11.8 Å². The van der Waals surface area contributed by atoms with E-state index >= 15 is 0 Å². The molecular weight excluding hydrogens is 470 g/mol. The number of hydrogen-bond acceptors (Lipinski definition) is 1. The second kappa shape index (κ2) is 5.92. The highest BCUT2D eigenvalue weighted by Gasteiger charge is 2.19. The summed E-state index contributed by atoms with van der Waals surface area (Å²) in [6.07, 6.45) is 0. The highest BCUT2D eigenvalue weighted by Crippen LogP contribution is 2.41. The van der Waals surface area contributed by atoms with Crippen LogP contribution in [0.3, 0.4) is 0 Å². The first-order valence-electron chi connectivity index (χ1n) is 4.94. The Morgan fingerprint density at radius 1 is 1.28 bits per heavy atom. The van der Waals surface area contributed by atoms with E-state index in [0.717, 1.165) is 14.2 Å². The standard InChI is InChI=1S/C12H7Br3ClFS/c1-5-2-10(18-12(5)15)11(14)6-3-8(16)7(13)4-9(6)17/h2-4,11H,1H3. The van der Waals surface area contributed by atoms with E-state index in [2.05, 4.69) is 47.8 Å². The van der Waals surface area contributed by atoms with E-state index in [1.807, 2.05) is 13.0 Å². The summed E-state index contributed by atoms with van der Waals surface area (Å²) >= 11 is 17.8. The summed E-state index contributed by atoms with van der Waals surface area (Å²) in [5.41, 5.74) is 1.68. The molecule has 0 fully saturated rings. The Morgan fingerprint density at radius 3 is 2.50 bits per heavy atom. The number of alkyl halides is 1. The summed E-state index contributed by atoms with van der Waals surface area (Å²) in [6, 6.07) is 5.06. The van der Waals surface area contributed by atoms with Crippen LogP contribution in [0.2, 0.25) is 5.02 Å². The van der Waals surface area contributed by atoms with Crippen LogP contribution in [0, 0.1) is 12.7 Å². The van der Waals surface area contributed by atoms with Gasteiger partial charge in [0, 0.05) is 14.9 Å². The van der Waals surface area contributed by atoms with E-state index < -0.39 is 0 Å². The molecule has 0 saturated heterocycles. The maximum atomic E-state index is 13.9. The topological polar surface area (TPSA) is 0 Å². The molecule has 18 heavy (non-hydrogen) atoms. The van der Waals surface area contributed by atoms with Crippen molar-refractivity contribution >= 4 is 70.7 Å². The van der Waals surface area contributed by atoms with Gasteiger partial charge in [-0.1, -0.05) is 27.5 Å². The van der Waals surface area contributed by atoms with Crippen LogP contribution in [0.15, 0.2) is 26.5 Å². The van der Waals surface area contributed by atoms with Gasteiger partial charge in [0.1, 0.15) is 5.82 Å². The van der Waals surface area contributed by atoms with Gasteiger partial charge in [-0.3, -0.25) is 0 Å². The van der Waals surface area contributed by atoms with E-state index in [4.69, 9.17) is 11.6 Å². The number of rotatable bonds is 2. The van der Waals surface area contributed by atoms with Crippen LogP contribution in [-0.2, 0) is 0 Å². The number of hydrogen-bond donors (Lipinski definition) is 0. The predicted molar refractivity (Wildman–Crippen MR) is 86.6 cm³/mol. The normalized spacial score (nSPS) is 12.8. The first-order valence-corrected chi connectivity index (χ1v) is 8.64. The van der Waals surface area contributed by atoms with Crippen LogP contribution in [0.25, 0.3) is 0 Å². The minimum atomic E-state index is -0.282. The van der Waals surface area contributed by atoms with Crippen molar-refractivity contribution in [1.82, 2.24) is 0 Å². The number of halogens is 5. The van der Waals surface area contributed by atoms with Gasteiger partial charge in [0.15, 0.2) is 0 Å². The van der Waals surface area contributed by atoms with Crippen LogP contribution < -0.4 is 0 Å². The molecule has 1 aromatic heterocycles. The lowest BCUT2D eigenvalue weighted by Crippen LogP contribution is -1.95. The van der Waals surface area contributed by atoms with E-state index in [9.17, 15) is 4.39 Å². The lowest BCUT2D eigenvalue weighted by molar-refractivity contribution is 0.613. The van der Waals surface area contributed by atoms with Gasteiger partial charge in [-0.25, -0.2) is 4.39 Å². The Kier molecular flexibility index (Phi) is 4.92. The average Bonchev–Trinajstić information content (AvgIpc) is 2.63. The van der Waals surface area contributed by atoms with Crippen molar-refractivity contribution in [3.8, 4) is 0 Å². The van der Waals surface area contributed by atoms with Gasteiger partial charge in [-0.15, -0.1) is 11.3 Å². The minimum Gasteiger partial charge on any atom is -0.207 e. The summed E-state index contributed by atoms with van der Waals surface area (Å²) in [6.45, 7) is 2.01. The van der Waals surface area contributed by atoms with Crippen LogP contribution in [0.4, 0.5) is 4.39 Å². The Balaban J connectivity index is 2.45. The Morgan fingerprint density at radius 2 is 1.94 bits per heavy atom. The fourth-order valence-corrected chi connectivity index (χ4v) is 4.31. The second-order valence-electron chi connectivity index (χ2n) is 3.76. The van der Waals surface area contributed by atoms with E-state index in [1.165, 1.54) is 6.07 Å². The summed E-state index contributed by atoms with van der Waals surface area (Å²) in [5.74, 6) is -0.282. The molecule has 0 nitrogen and oxygen atoms in total. The van der Waals surface area contributed by atoms with Gasteiger partial charge in [0.2, 0.25) is 0 Å². The van der Waals surface area contributed by atoms with Gasteiger partial charge in [-0.05, 0) is 62.5 Å². The third-order valence-corrected chi connectivity index (χ3v) is 7.13. The molecule has 0 spiro atoms. The van der Waals surface area contributed by atoms with Crippen molar-refractivity contribution in [2.24, 2.45) is 0 Å². The maximum absolute atomic E-state index is 13.9. The Bertz CT molecular complexity index is 578. The average molecular weight is 477 g/mol. The highest BCUT2D eigenvalue weighted by molar-refractivity contribution is 9.11. The Labute approximate surface area is 139 Å². The largest absolute Gasteiger partial charge is 0.207 e. The molecule has 1 atom stereocenters. The molecule has 1 heterocycles. The van der Waals surface area contributed by atoms with Crippen LogP contribution in [0.5, 0.6) is 0 Å². The van der Waals surface area contributed by atoms with Gasteiger partial charge >= 0.3 is 0 Å². The van der Waals surface area contributed by atoms with Gasteiger partial charge in [0.25, 0.3) is 0 Å². The zero-order valence-electron chi connectivity index (χ0n) is 9.11. The third kappa shape index (κ3) is 3.01. The number of benzene rings is 1. The molecule has 6 heteroatoms. The summed E-state index contributed by atoms with van der Waals surface area (Å²) in [5, 5.41) is 0.503. The minimum absolute atomic E-state index is 0.196. The predicted octanol–water partition coefficient (Wildman–Crippen LogP) is 6.86. The first-order chi connectivity index (χ1) is 8.40. The number of thiophene rings is 1. The van der Waals surface area contributed by atoms with Gasteiger partial charge in [-0.2, -0.15) is 0 Å². The molecule has 0 aliphatic heterocycles. The third-order valence-electron chi connectivity index (χ3n) is 2.44. The molecule has 0 radical (unpaired) electrons. The first kappa shape index (κ1) is 15.0. The molecule has 1 unspecified atom stereocenters. The van der Waals surface area contributed by atoms with E-state index in [1.54, 1.807) is 17.4 Å². The van der Waals surface area contributed by atoms with Crippen molar-refractivity contribution in [1.29, 1.82) is 0 Å². The quantitative estimate of drug-likeness (QED) is 0.328. The molecule has 0 aliphatic carbocycles. The molecule has 0 bridgehead atoms. The fourth-order valence-electron chi connectivity index (χ4n) is 1.49. The molecule has 1 aromatic carbocycles. The molecule has 96 valence electrons. The summed E-state index contributed by atoms with van der Waals surface area (Å²) < 4.78 is 15.6. The van der Waals surface area contributed by atoms with Crippen LogP contribution in [0.1, 0.15) is 20.8 Å². The zero-order valence-corrected chi connectivity index (χ0v) is 15.4. The monoisotopic (exact) mass is 474 g/mol. The summed E-state index contributed by atoms with van der Waals surface area (Å²) in [4.78, 5) is 0.842. The van der Waals surface area contributed by atoms with E-state index in [-0.39, 0.29) is 10.6 Å². The molecule has 2 rings (SSSR count). The zero-order chi connectivity index (χ0) is 13.4. The fraction of sp³-hybridized carbons (Fsp3) is 0.167. The SMILES string of the molecule is Cc1cc(C(Br)c2cc(Cl)c(Br)cc2F)sc1Br. The molecule has 0 N–H and O–H groups in total. The van der Waals surface area contributed by atoms with Crippen molar-refractivity contribution in [3.05, 3.63) is 53.3 Å². The second-order valence-corrected chi connectivity index (χ2v) is 8.33.